The highest BCUT2D eigenvalue weighted by Crippen LogP contribution is 2.46. The normalized spacial score (nSPS) is 10.6. The summed E-state index contributed by atoms with van der Waals surface area (Å²) < 4.78 is 26.9. The Morgan fingerprint density at radius 1 is 0.667 bits per heavy atom. The predicted octanol–water partition coefficient (Wildman–Crippen LogP) is 2.45. The lowest BCUT2D eigenvalue weighted by Gasteiger charge is -2.10. The molecule has 18 heavy (non-hydrogen) atoms. The van der Waals surface area contributed by atoms with Gasteiger partial charge in [0.2, 0.25) is 17.3 Å². The molecule has 0 aromatic heterocycles. The highest BCUT2D eigenvalue weighted by Gasteiger charge is 2.24. The van der Waals surface area contributed by atoms with Crippen molar-refractivity contribution in [1.82, 2.24) is 0 Å². The third-order valence-corrected chi connectivity index (χ3v) is 2.46. The molecule has 0 atom stereocenters. The molecular weight excluding hydrogens is 246 g/mol. The molecule has 2 aromatic rings. The second kappa shape index (κ2) is 4.06. The average molecular weight is 254 g/mol. The molecule has 4 nitrogen and oxygen atoms in total. The van der Waals surface area contributed by atoms with Gasteiger partial charge < -0.3 is 20.4 Å². The first kappa shape index (κ1) is 12.0. The fraction of sp³-hybridized carbons (Fsp3) is 0. The number of hydrogen-bond donors (Lipinski definition) is 4. The van der Waals surface area contributed by atoms with E-state index in [1.54, 1.807) is 0 Å². The second-order valence-electron chi connectivity index (χ2n) is 3.60. The number of hydrogen-bond acceptors (Lipinski definition) is 4. The first-order chi connectivity index (χ1) is 8.43. The van der Waals surface area contributed by atoms with Crippen LogP contribution in [0.25, 0.3) is 11.1 Å². The van der Waals surface area contributed by atoms with Crippen LogP contribution < -0.4 is 0 Å². The Hall–Kier alpha value is -2.50. The third-order valence-electron chi connectivity index (χ3n) is 2.46. The fourth-order valence-electron chi connectivity index (χ4n) is 1.54. The lowest BCUT2D eigenvalue weighted by molar-refractivity contribution is 0.340. The molecule has 0 fully saturated rings. The predicted molar refractivity (Wildman–Crippen MR) is 58.5 cm³/mol. The molecule has 0 aliphatic heterocycles. The Morgan fingerprint density at radius 2 is 1.22 bits per heavy atom. The molecule has 4 N–H and O–H groups in total. The lowest BCUT2D eigenvalue weighted by atomic mass is 10.0. The SMILES string of the molecule is Oc1ccc(-c2c(O)c(O)c(O)c(F)c2F)cc1. The van der Waals surface area contributed by atoms with E-state index in [-0.39, 0.29) is 11.3 Å². The highest BCUT2D eigenvalue weighted by atomic mass is 19.2. The Balaban J connectivity index is 2.75. The molecule has 0 saturated carbocycles. The number of halogens is 2. The summed E-state index contributed by atoms with van der Waals surface area (Å²) in [5.74, 6) is -6.72. The van der Waals surface area contributed by atoms with Crippen molar-refractivity contribution in [2.24, 2.45) is 0 Å². The topological polar surface area (TPSA) is 80.9 Å². The quantitative estimate of drug-likeness (QED) is 0.589. The van der Waals surface area contributed by atoms with Crippen molar-refractivity contribution in [3.05, 3.63) is 35.9 Å². The van der Waals surface area contributed by atoms with Crippen LogP contribution in [0.4, 0.5) is 8.78 Å². The Kier molecular flexibility index (Phi) is 2.70. The first-order valence-corrected chi connectivity index (χ1v) is 4.84. The van der Waals surface area contributed by atoms with E-state index >= 15 is 0 Å². The molecule has 6 heteroatoms. The Bertz CT molecular complexity index is 579. The van der Waals surface area contributed by atoms with Crippen LogP contribution >= 0.6 is 0 Å². The minimum absolute atomic E-state index is 0.0389. The zero-order valence-electron chi connectivity index (χ0n) is 8.85. The lowest BCUT2D eigenvalue weighted by Crippen LogP contribution is -1.92. The average Bonchev–Trinajstić information content (AvgIpc) is 2.36. The summed E-state index contributed by atoms with van der Waals surface area (Å²) in [6.45, 7) is 0. The van der Waals surface area contributed by atoms with Gasteiger partial charge in [0.05, 0.1) is 5.56 Å². The van der Waals surface area contributed by atoms with Gasteiger partial charge in [-0.15, -0.1) is 0 Å². The summed E-state index contributed by atoms with van der Waals surface area (Å²) in [6.07, 6.45) is 0. The molecular formula is C12H8F2O4. The van der Waals surface area contributed by atoms with Gasteiger partial charge in [-0.1, -0.05) is 12.1 Å². The summed E-state index contributed by atoms with van der Waals surface area (Å²) >= 11 is 0. The van der Waals surface area contributed by atoms with E-state index in [9.17, 15) is 19.0 Å². The van der Waals surface area contributed by atoms with Gasteiger partial charge in [-0.05, 0) is 17.7 Å². The monoisotopic (exact) mass is 254 g/mol. The van der Waals surface area contributed by atoms with Crippen LogP contribution in [-0.4, -0.2) is 20.4 Å². The van der Waals surface area contributed by atoms with Crippen molar-refractivity contribution in [2.45, 2.75) is 0 Å². The largest absolute Gasteiger partial charge is 0.508 e. The zero-order valence-corrected chi connectivity index (χ0v) is 8.85. The van der Waals surface area contributed by atoms with Crippen molar-refractivity contribution in [2.75, 3.05) is 0 Å². The fourth-order valence-corrected chi connectivity index (χ4v) is 1.54. The van der Waals surface area contributed by atoms with E-state index in [1.165, 1.54) is 24.3 Å². The van der Waals surface area contributed by atoms with Crippen LogP contribution in [-0.2, 0) is 0 Å². The molecule has 0 unspecified atom stereocenters. The maximum atomic E-state index is 13.6. The summed E-state index contributed by atoms with van der Waals surface area (Å²) in [6, 6.07) is 4.86. The van der Waals surface area contributed by atoms with Crippen molar-refractivity contribution in [3.8, 4) is 34.1 Å². The van der Waals surface area contributed by atoms with Crippen molar-refractivity contribution >= 4 is 0 Å². The second-order valence-corrected chi connectivity index (χ2v) is 3.60. The Labute approximate surface area is 100.0 Å². The molecule has 94 valence electrons. The summed E-state index contributed by atoms with van der Waals surface area (Å²) in [5.41, 5.74) is -0.556. The molecule has 0 radical (unpaired) electrons. The molecule has 0 bridgehead atoms. The molecule has 2 aromatic carbocycles. The van der Waals surface area contributed by atoms with E-state index in [1.807, 2.05) is 0 Å². The maximum absolute atomic E-state index is 13.6. The number of phenolic OH excluding ortho intramolecular Hbond substituents is 4. The smallest absolute Gasteiger partial charge is 0.205 e. The Morgan fingerprint density at radius 3 is 1.78 bits per heavy atom. The third kappa shape index (κ3) is 1.67. The molecule has 0 aliphatic rings. The molecule has 2 rings (SSSR count). The van der Waals surface area contributed by atoms with E-state index in [0.29, 0.717) is 0 Å². The van der Waals surface area contributed by atoms with Crippen LogP contribution in [0.15, 0.2) is 24.3 Å². The number of benzene rings is 2. The molecule has 0 heterocycles. The number of rotatable bonds is 1. The van der Waals surface area contributed by atoms with E-state index in [2.05, 4.69) is 0 Å². The molecule has 0 aliphatic carbocycles. The van der Waals surface area contributed by atoms with E-state index in [0.717, 1.165) is 0 Å². The number of phenols is 4. The maximum Gasteiger partial charge on any atom is 0.205 e. The molecule has 0 saturated heterocycles. The molecule has 0 amide bonds. The highest BCUT2D eigenvalue weighted by molar-refractivity contribution is 5.76. The van der Waals surface area contributed by atoms with Crippen LogP contribution in [0.5, 0.6) is 23.0 Å². The first-order valence-electron chi connectivity index (χ1n) is 4.84. The van der Waals surface area contributed by atoms with Crippen molar-refractivity contribution in [1.29, 1.82) is 0 Å². The summed E-state index contributed by atoms with van der Waals surface area (Å²) in [4.78, 5) is 0. The van der Waals surface area contributed by atoms with Gasteiger partial charge in [-0.2, -0.15) is 4.39 Å². The van der Waals surface area contributed by atoms with Gasteiger partial charge in [-0.25, -0.2) is 4.39 Å². The van der Waals surface area contributed by atoms with Gasteiger partial charge in [0.25, 0.3) is 0 Å². The summed E-state index contributed by atoms with van der Waals surface area (Å²) in [7, 11) is 0. The van der Waals surface area contributed by atoms with Crippen LogP contribution in [0.2, 0.25) is 0 Å². The van der Waals surface area contributed by atoms with Crippen LogP contribution in [0.1, 0.15) is 0 Å². The molecule has 0 spiro atoms. The van der Waals surface area contributed by atoms with Gasteiger partial charge in [0, 0.05) is 0 Å². The van der Waals surface area contributed by atoms with Crippen molar-refractivity contribution in [3.63, 3.8) is 0 Å². The minimum atomic E-state index is -1.66. The van der Waals surface area contributed by atoms with Gasteiger partial charge in [0.1, 0.15) is 5.75 Å². The van der Waals surface area contributed by atoms with Gasteiger partial charge in [0.15, 0.2) is 11.6 Å². The van der Waals surface area contributed by atoms with Crippen LogP contribution in [0, 0.1) is 11.6 Å². The zero-order chi connectivity index (χ0) is 13.4. The van der Waals surface area contributed by atoms with E-state index < -0.39 is 34.4 Å². The standard InChI is InChI=1S/C12H8F2O4/c13-8-7(5-1-3-6(15)4-2-5)10(16)12(18)11(17)9(8)14/h1-4,15-18H. The minimum Gasteiger partial charge on any atom is -0.508 e. The van der Waals surface area contributed by atoms with Gasteiger partial charge in [-0.3, -0.25) is 0 Å². The number of aromatic hydroxyl groups is 4. The van der Waals surface area contributed by atoms with Gasteiger partial charge >= 0.3 is 0 Å². The summed E-state index contributed by atoms with van der Waals surface area (Å²) in [5, 5.41) is 36.9. The van der Waals surface area contributed by atoms with E-state index in [4.69, 9.17) is 10.2 Å². The van der Waals surface area contributed by atoms with Crippen molar-refractivity contribution < 1.29 is 29.2 Å². The van der Waals surface area contributed by atoms with Crippen LogP contribution in [0.3, 0.4) is 0 Å².